The fraction of sp³-hybridized carbons (Fsp3) is 0.538. The number of aromatic nitrogens is 2. The zero-order valence-corrected chi connectivity index (χ0v) is 23.5. The molecule has 3 heterocycles. The number of benzene rings is 1. The molecular weight excluding hydrogens is 564 g/mol. The molecule has 1 aromatic carbocycles. The molecule has 41 heavy (non-hydrogen) atoms. The largest absolute Gasteiger partial charge is 0.465 e. The lowest BCUT2D eigenvalue weighted by Crippen LogP contribution is -2.46. The number of carbonyl (C=O) groups is 2. The van der Waals surface area contributed by atoms with E-state index in [1.165, 1.54) is 19.1 Å². The van der Waals surface area contributed by atoms with Crippen LogP contribution in [0.2, 0.25) is 0 Å². The standard InChI is InChI=1S/C26H33FN3O10P/c1-17-23(33)36-15-9-4-3-8-12-21(32)39-22-19(16-37-41(35,29-17)40-18-10-6-5-7-11-18)38-24(26(22,2)27)30-14-13-20(31)28-25(30)34/h5-7,10-11,13-14,17,19,22,24H,3-4,8-9,12,15-16H2,1-2H3,(H,29,35)(H,28,31,34)/t17?,19?,22-,24-,26-,41?/m1/s1. The first kappa shape index (κ1) is 30.6. The number of aromatic amines is 1. The molecule has 0 aliphatic carbocycles. The summed E-state index contributed by atoms with van der Waals surface area (Å²) in [5.41, 5.74) is -4.12. The van der Waals surface area contributed by atoms with E-state index in [-0.39, 0.29) is 18.8 Å². The van der Waals surface area contributed by atoms with Gasteiger partial charge in [-0.1, -0.05) is 31.0 Å². The molecule has 2 N–H and O–H groups in total. The third-order valence-electron chi connectivity index (χ3n) is 6.65. The number of esters is 2. The second-order valence-electron chi connectivity index (χ2n) is 9.99. The first-order chi connectivity index (χ1) is 19.5. The van der Waals surface area contributed by atoms with E-state index in [9.17, 15) is 23.7 Å². The number of fused-ring (bicyclic) bond motifs is 1. The molecule has 15 heteroatoms. The first-order valence-corrected chi connectivity index (χ1v) is 14.8. The third kappa shape index (κ3) is 7.70. The van der Waals surface area contributed by atoms with Crippen LogP contribution in [0.15, 0.2) is 52.2 Å². The lowest BCUT2D eigenvalue weighted by Gasteiger charge is -2.28. The molecule has 2 aromatic rings. The Morgan fingerprint density at radius 1 is 1.07 bits per heavy atom. The van der Waals surface area contributed by atoms with Gasteiger partial charge in [-0.3, -0.25) is 28.5 Å². The Bertz CT molecular complexity index is 1380. The van der Waals surface area contributed by atoms with Gasteiger partial charge in [0.1, 0.15) is 17.9 Å². The number of cyclic esters (lactones) is 1. The number of halogens is 1. The quantitative estimate of drug-likeness (QED) is 0.395. The molecule has 0 bridgehead atoms. The van der Waals surface area contributed by atoms with Crippen LogP contribution in [0.1, 0.15) is 52.2 Å². The molecule has 224 valence electrons. The number of carbonyl (C=O) groups excluding carboxylic acids is 2. The second-order valence-corrected chi connectivity index (χ2v) is 11.7. The molecule has 2 saturated heterocycles. The number of nitrogens with one attached hydrogen (secondary N) is 2. The smallest absolute Gasteiger partial charge is 0.459 e. The number of ether oxygens (including phenoxy) is 3. The fourth-order valence-electron chi connectivity index (χ4n) is 4.54. The summed E-state index contributed by atoms with van der Waals surface area (Å²) in [6.07, 6.45) is -1.28. The van der Waals surface area contributed by atoms with E-state index in [0.717, 1.165) is 23.8 Å². The molecular formula is C26H33FN3O10P. The van der Waals surface area contributed by atoms with Crippen LogP contribution in [-0.4, -0.2) is 58.6 Å². The Kier molecular flexibility index (Phi) is 9.80. The third-order valence-corrected chi connectivity index (χ3v) is 8.29. The van der Waals surface area contributed by atoms with Gasteiger partial charge in [-0.25, -0.2) is 13.8 Å². The summed E-state index contributed by atoms with van der Waals surface area (Å²) >= 11 is 0. The number of hydrogen-bond donors (Lipinski definition) is 2. The normalized spacial score (nSPS) is 32.3. The molecule has 0 radical (unpaired) electrons. The van der Waals surface area contributed by atoms with Gasteiger partial charge in [0.2, 0.25) is 0 Å². The van der Waals surface area contributed by atoms with Gasteiger partial charge >= 0.3 is 25.4 Å². The number of H-pyrrole nitrogens is 1. The zero-order chi connectivity index (χ0) is 29.6. The van der Waals surface area contributed by atoms with Crippen molar-refractivity contribution in [3.8, 4) is 5.75 Å². The molecule has 2 aliphatic rings. The highest BCUT2D eigenvalue weighted by atomic mass is 31.2. The van der Waals surface area contributed by atoms with E-state index in [1.807, 2.05) is 4.98 Å². The van der Waals surface area contributed by atoms with Crippen LogP contribution in [0.3, 0.4) is 0 Å². The van der Waals surface area contributed by atoms with E-state index >= 15 is 4.39 Å². The molecule has 6 atom stereocenters. The highest BCUT2D eigenvalue weighted by Gasteiger charge is 2.58. The molecule has 0 saturated carbocycles. The maximum atomic E-state index is 16.4. The summed E-state index contributed by atoms with van der Waals surface area (Å²) in [5.74, 6) is -1.23. The molecule has 0 amide bonds. The highest BCUT2D eigenvalue weighted by molar-refractivity contribution is 7.52. The summed E-state index contributed by atoms with van der Waals surface area (Å²) in [7, 11) is -4.36. The Balaban J connectivity index is 1.66. The lowest BCUT2D eigenvalue weighted by atomic mass is 9.98. The Morgan fingerprint density at radius 2 is 1.80 bits per heavy atom. The van der Waals surface area contributed by atoms with Gasteiger partial charge in [-0.05, 0) is 38.8 Å². The van der Waals surface area contributed by atoms with Crippen LogP contribution in [0.25, 0.3) is 0 Å². The van der Waals surface area contributed by atoms with E-state index in [2.05, 4.69) is 5.09 Å². The van der Waals surface area contributed by atoms with Crippen molar-refractivity contribution in [1.82, 2.24) is 14.6 Å². The minimum atomic E-state index is -4.36. The van der Waals surface area contributed by atoms with Crippen molar-refractivity contribution in [2.24, 2.45) is 0 Å². The Hall–Kier alpha value is -3.32. The van der Waals surface area contributed by atoms with Crippen LogP contribution in [0.4, 0.5) is 4.39 Å². The summed E-state index contributed by atoms with van der Waals surface area (Å²) in [6.45, 7) is 2.01. The number of nitrogens with zero attached hydrogens (tertiary/aromatic N) is 1. The summed E-state index contributed by atoms with van der Waals surface area (Å²) in [5, 5.41) is 2.54. The molecule has 3 unspecified atom stereocenters. The maximum absolute atomic E-state index is 16.4. The molecule has 2 fully saturated rings. The van der Waals surface area contributed by atoms with Crippen LogP contribution in [0.5, 0.6) is 5.75 Å². The van der Waals surface area contributed by atoms with Crippen LogP contribution >= 0.6 is 7.75 Å². The van der Waals surface area contributed by atoms with E-state index in [1.54, 1.807) is 18.2 Å². The number of alkyl halides is 1. The van der Waals surface area contributed by atoms with Gasteiger partial charge in [0.15, 0.2) is 18.0 Å². The first-order valence-electron chi connectivity index (χ1n) is 13.3. The summed E-state index contributed by atoms with van der Waals surface area (Å²) in [4.78, 5) is 51.3. The van der Waals surface area contributed by atoms with Gasteiger partial charge in [0.05, 0.1) is 13.2 Å². The topological polar surface area (TPSA) is 164 Å². The summed E-state index contributed by atoms with van der Waals surface area (Å²) in [6, 6.07) is 7.92. The summed E-state index contributed by atoms with van der Waals surface area (Å²) < 4.78 is 58.9. The maximum Gasteiger partial charge on any atom is 0.459 e. The predicted octanol–water partition coefficient (Wildman–Crippen LogP) is 2.76. The lowest BCUT2D eigenvalue weighted by molar-refractivity contribution is -0.158. The van der Waals surface area contributed by atoms with Crippen molar-refractivity contribution in [3.63, 3.8) is 0 Å². The van der Waals surface area contributed by atoms with E-state index in [4.69, 9.17) is 23.3 Å². The Labute approximate surface area is 234 Å². The average Bonchev–Trinajstić information content (AvgIpc) is 3.16. The van der Waals surface area contributed by atoms with Crippen LogP contribution in [-0.2, 0) is 32.9 Å². The van der Waals surface area contributed by atoms with Crippen molar-refractivity contribution in [2.75, 3.05) is 13.2 Å². The van der Waals surface area contributed by atoms with Gasteiger partial charge in [-0.15, -0.1) is 0 Å². The fourth-order valence-corrected chi connectivity index (χ4v) is 6.04. The molecule has 1 aromatic heterocycles. The van der Waals surface area contributed by atoms with Gasteiger partial charge < -0.3 is 18.7 Å². The van der Waals surface area contributed by atoms with E-state index in [0.29, 0.717) is 25.7 Å². The van der Waals surface area contributed by atoms with Crippen molar-refractivity contribution >= 4 is 19.7 Å². The zero-order valence-electron chi connectivity index (χ0n) is 22.7. The van der Waals surface area contributed by atoms with Crippen molar-refractivity contribution in [3.05, 3.63) is 63.4 Å². The van der Waals surface area contributed by atoms with Crippen LogP contribution < -0.4 is 20.9 Å². The predicted molar refractivity (Wildman–Crippen MR) is 142 cm³/mol. The molecule has 2 aliphatic heterocycles. The number of rotatable bonds is 3. The molecule has 0 spiro atoms. The van der Waals surface area contributed by atoms with Crippen molar-refractivity contribution < 1.29 is 41.8 Å². The monoisotopic (exact) mass is 597 g/mol. The minimum Gasteiger partial charge on any atom is -0.465 e. The SMILES string of the molecule is CC1NP(=O)(Oc2ccccc2)OCC2O[C@@H](n3ccc(=O)[nH]c3=O)[C@](C)(F)[C@@H]2OC(=O)CCCCCCOC1=O. The van der Waals surface area contributed by atoms with Crippen molar-refractivity contribution in [2.45, 2.75) is 76.1 Å². The van der Waals surface area contributed by atoms with Gasteiger partial charge in [-0.2, -0.15) is 5.09 Å². The second kappa shape index (κ2) is 13.1. The van der Waals surface area contributed by atoms with Gasteiger partial charge in [0, 0.05) is 18.7 Å². The van der Waals surface area contributed by atoms with Crippen molar-refractivity contribution in [1.29, 1.82) is 0 Å². The van der Waals surface area contributed by atoms with Gasteiger partial charge in [0.25, 0.3) is 5.56 Å². The molecule has 4 rings (SSSR count). The average molecular weight is 598 g/mol. The van der Waals surface area contributed by atoms with E-state index < -0.39 is 67.7 Å². The highest BCUT2D eigenvalue weighted by Crippen LogP contribution is 2.48. The minimum absolute atomic E-state index is 0.0165. The van der Waals surface area contributed by atoms with Crippen LogP contribution in [0, 0.1) is 0 Å². The Morgan fingerprint density at radius 3 is 2.54 bits per heavy atom. The number of hydrogen-bond acceptors (Lipinski definition) is 10. The molecule has 13 nitrogen and oxygen atoms in total. The number of para-hydroxylation sites is 1.